The Morgan fingerprint density at radius 2 is 1.93 bits per heavy atom. The van der Waals surface area contributed by atoms with Crippen LogP contribution < -0.4 is 10.6 Å². The van der Waals surface area contributed by atoms with E-state index in [2.05, 4.69) is 15.8 Å². The Morgan fingerprint density at radius 3 is 2.57 bits per heavy atom. The third-order valence-corrected chi connectivity index (χ3v) is 4.58. The second-order valence-electron chi connectivity index (χ2n) is 6.38. The highest BCUT2D eigenvalue weighted by molar-refractivity contribution is 7.98. The molecule has 3 amide bonds. The van der Waals surface area contributed by atoms with Crippen molar-refractivity contribution in [2.75, 3.05) is 0 Å². The lowest BCUT2D eigenvalue weighted by atomic mass is 10.2. The second kappa shape index (κ2) is 9.93. The van der Waals surface area contributed by atoms with E-state index in [1.807, 2.05) is 6.07 Å². The Kier molecular flexibility index (Phi) is 7.62. The summed E-state index contributed by atoms with van der Waals surface area (Å²) in [5.74, 6) is -0.113. The highest BCUT2D eigenvalue weighted by Crippen LogP contribution is 2.27. The average Bonchev–Trinajstić information content (AvgIpc) is 3.04. The molecule has 0 unspecified atom stereocenters. The predicted octanol–water partition coefficient (Wildman–Crippen LogP) is 3.05. The molecule has 2 N–H and O–H groups in total. The van der Waals surface area contributed by atoms with E-state index in [0.717, 1.165) is 5.69 Å². The number of urea groups is 1. The fourth-order valence-corrected chi connectivity index (χ4v) is 3.11. The van der Waals surface area contributed by atoms with Gasteiger partial charge in [-0.1, -0.05) is 17.3 Å². The first kappa shape index (κ1) is 21.5. The Hall–Kier alpha value is -2.81. The second-order valence-corrected chi connectivity index (χ2v) is 7.40. The Morgan fingerprint density at radius 1 is 1.21 bits per heavy atom. The fourth-order valence-electron chi connectivity index (χ4n) is 2.19. The summed E-state index contributed by atoms with van der Waals surface area (Å²) >= 11 is 1.41. The van der Waals surface area contributed by atoms with Crippen molar-refractivity contribution >= 4 is 29.7 Å². The van der Waals surface area contributed by atoms with E-state index in [-0.39, 0.29) is 6.04 Å². The van der Waals surface area contributed by atoms with Crippen LogP contribution in [0, 0.1) is 6.92 Å². The van der Waals surface area contributed by atoms with Crippen molar-refractivity contribution in [2.24, 2.45) is 0 Å². The lowest BCUT2D eigenvalue weighted by molar-refractivity contribution is -0.127. The quantitative estimate of drug-likeness (QED) is 0.538. The number of rotatable bonds is 7. The molecule has 8 nitrogen and oxygen atoms in total. The molecule has 0 aliphatic heterocycles. The molecule has 0 aliphatic rings. The molecule has 0 fully saturated rings. The van der Waals surface area contributed by atoms with Crippen molar-refractivity contribution in [3.63, 3.8) is 0 Å². The van der Waals surface area contributed by atoms with Gasteiger partial charge in [0, 0.05) is 22.8 Å². The number of nitrogens with zero attached hydrogens (tertiary/aromatic N) is 1. The number of hydrogen-bond acceptors (Lipinski definition) is 7. The fraction of sp³-hybridized carbons (Fsp3) is 0.368. The van der Waals surface area contributed by atoms with E-state index in [4.69, 9.17) is 9.26 Å². The van der Waals surface area contributed by atoms with Gasteiger partial charge < -0.3 is 14.6 Å². The predicted molar refractivity (Wildman–Crippen MR) is 104 cm³/mol. The zero-order valence-electron chi connectivity index (χ0n) is 16.1. The molecule has 0 saturated heterocycles. The van der Waals surface area contributed by atoms with Crippen LogP contribution in [0.1, 0.15) is 42.6 Å². The number of benzene rings is 1. The van der Waals surface area contributed by atoms with Gasteiger partial charge in [0.2, 0.25) is 0 Å². The third kappa shape index (κ3) is 6.41. The van der Waals surface area contributed by atoms with Crippen molar-refractivity contribution in [3.8, 4) is 0 Å². The number of aromatic nitrogens is 1. The van der Waals surface area contributed by atoms with Gasteiger partial charge in [0.15, 0.2) is 6.10 Å². The number of nitrogens with one attached hydrogen (secondary N) is 2. The van der Waals surface area contributed by atoms with E-state index < -0.39 is 24.0 Å². The van der Waals surface area contributed by atoms with Crippen LogP contribution in [0.15, 0.2) is 39.8 Å². The van der Waals surface area contributed by atoms with E-state index in [1.54, 1.807) is 45.0 Å². The number of hydrogen-bond donors (Lipinski definition) is 2. The number of esters is 1. The summed E-state index contributed by atoms with van der Waals surface area (Å²) in [6.45, 7) is 6.75. The minimum atomic E-state index is -1.12. The first-order valence-corrected chi connectivity index (χ1v) is 9.71. The van der Waals surface area contributed by atoms with Gasteiger partial charge >= 0.3 is 12.0 Å². The van der Waals surface area contributed by atoms with E-state index >= 15 is 0 Å². The molecular formula is C19H23N3O5S. The number of imide groups is 1. The topological polar surface area (TPSA) is 111 Å². The lowest BCUT2D eigenvalue weighted by Gasteiger charge is -2.15. The summed E-state index contributed by atoms with van der Waals surface area (Å²) in [7, 11) is 0. The van der Waals surface area contributed by atoms with Crippen LogP contribution in [-0.2, 0) is 15.3 Å². The molecule has 1 aromatic heterocycles. The number of carbonyl (C=O) groups is 3. The number of thioether (sulfide) groups is 1. The van der Waals surface area contributed by atoms with Crippen LogP contribution in [0.3, 0.4) is 0 Å². The SMILES string of the molecule is Cc1cc(CSc2ccccc2C(=O)O[C@@H](C)C(=O)NC(=O)NC(C)C)no1. The molecule has 28 heavy (non-hydrogen) atoms. The van der Waals surface area contributed by atoms with Crippen molar-refractivity contribution in [2.45, 2.75) is 50.5 Å². The minimum absolute atomic E-state index is 0.122. The van der Waals surface area contributed by atoms with Crippen molar-refractivity contribution < 1.29 is 23.6 Å². The number of aryl methyl sites for hydroxylation is 1. The molecule has 1 atom stereocenters. The van der Waals surface area contributed by atoms with Crippen molar-refractivity contribution in [1.29, 1.82) is 0 Å². The highest BCUT2D eigenvalue weighted by atomic mass is 32.2. The summed E-state index contributed by atoms with van der Waals surface area (Å²) in [6.07, 6.45) is -1.12. The van der Waals surface area contributed by atoms with Crippen LogP contribution in [0.2, 0.25) is 0 Å². The summed E-state index contributed by atoms with van der Waals surface area (Å²) in [5, 5.41) is 8.59. The zero-order chi connectivity index (χ0) is 20.7. The molecule has 1 heterocycles. The zero-order valence-corrected chi connectivity index (χ0v) is 17.0. The maximum atomic E-state index is 12.5. The molecule has 0 saturated carbocycles. The smallest absolute Gasteiger partial charge is 0.340 e. The van der Waals surface area contributed by atoms with Gasteiger partial charge in [-0.15, -0.1) is 11.8 Å². The molecule has 2 rings (SSSR count). The largest absolute Gasteiger partial charge is 0.449 e. The minimum Gasteiger partial charge on any atom is -0.449 e. The molecule has 150 valence electrons. The maximum Gasteiger partial charge on any atom is 0.340 e. The molecular weight excluding hydrogens is 382 g/mol. The van der Waals surface area contributed by atoms with Crippen LogP contribution in [0.25, 0.3) is 0 Å². The Balaban J connectivity index is 1.97. The van der Waals surface area contributed by atoms with Crippen molar-refractivity contribution in [3.05, 3.63) is 47.3 Å². The molecule has 0 bridgehead atoms. The number of carbonyl (C=O) groups excluding carboxylic acids is 3. The van der Waals surface area contributed by atoms with E-state index in [0.29, 0.717) is 22.0 Å². The van der Waals surface area contributed by atoms with Gasteiger partial charge in [0.1, 0.15) is 5.76 Å². The van der Waals surface area contributed by atoms with Crippen LogP contribution in [-0.4, -0.2) is 35.2 Å². The maximum absolute atomic E-state index is 12.5. The van der Waals surface area contributed by atoms with Crippen molar-refractivity contribution in [1.82, 2.24) is 15.8 Å². The van der Waals surface area contributed by atoms with Gasteiger partial charge in [-0.3, -0.25) is 10.1 Å². The molecule has 0 spiro atoms. The standard InChI is InChI=1S/C19H23N3O5S/c1-11(2)20-19(25)21-17(23)13(4)26-18(24)15-7-5-6-8-16(15)28-10-14-9-12(3)27-22-14/h5-9,11,13H,10H2,1-4H3,(H2,20,21,23,25)/t13-/m0/s1. The summed E-state index contributed by atoms with van der Waals surface area (Å²) in [5.41, 5.74) is 1.09. The highest BCUT2D eigenvalue weighted by Gasteiger charge is 2.22. The molecule has 1 aromatic carbocycles. The van der Waals surface area contributed by atoms with Gasteiger partial charge in [-0.2, -0.15) is 0 Å². The van der Waals surface area contributed by atoms with Crippen LogP contribution >= 0.6 is 11.8 Å². The molecule has 0 radical (unpaired) electrons. The lowest BCUT2D eigenvalue weighted by Crippen LogP contribution is -2.46. The summed E-state index contributed by atoms with van der Waals surface area (Å²) < 4.78 is 10.3. The number of amides is 3. The van der Waals surface area contributed by atoms with E-state index in [9.17, 15) is 14.4 Å². The van der Waals surface area contributed by atoms with Gasteiger partial charge in [-0.25, -0.2) is 9.59 Å². The molecule has 2 aromatic rings. The number of ether oxygens (including phenoxy) is 1. The monoisotopic (exact) mass is 405 g/mol. The van der Waals surface area contributed by atoms with Crippen LogP contribution in [0.4, 0.5) is 4.79 Å². The summed E-state index contributed by atoms with van der Waals surface area (Å²) in [4.78, 5) is 36.8. The Labute approximate surface area is 167 Å². The van der Waals surface area contributed by atoms with Gasteiger partial charge in [0.25, 0.3) is 5.91 Å². The third-order valence-electron chi connectivity index (χ3n) is 3.47. The summed E-state index contributed by atoms with van der Waals surface area (Å²) in [6, 6.07) is 7.98. The first-order valence-electron chi connectivity index (χ1n) is 8.72. The molecule has 0 aliphatic carbocycles. The average molecular weight is 405 g/mol. The first-order chi connectivity index (χ1) is 13.3. The Bertz CT molecular complexity index is 850. The normalized spacial score (nSPS) is 11.8. The molecule has 9 heteroatoms. The van der Waals surface area contributed by atoms with Gasteiger partial charge in [0.05, 0.1) is 11.3 Å². The van der Waals surface area contributed by atoms with Gasteiger partial charge in [-0.05, 0) is 39.8 Å². The van der Waals surface area contributed by atoms with Crippen LogP contribution in [0.5, 0.6) is 0 Å². The van der Waals surface area contributed by atoms with E-state index in [1.165, 1.54) is 18.7 Å².